The Morgan fingerprint density at radius 3 is 2.52 bits per heavy atom. The van der Waals surface area contributed by atoms with Gasteiger partial charge in [-0.15, -0.1) is 16.9 Å². The normalized spacial score (nSPS) is 10.4. The van der Waals surface area contributed by atoms with Gasteiger partial charge in [-0.1, -0.05) is 40.5 Å². The molecule has 7 nitrogen and oxygen atoms in total. The van der Waals surface area contributed by atoms with Crippen molar-refractivity contribution in [3.05, 3.63) is 70.5 Å². The van der Waals surface area contributed by atoms with Crippen LogP contribution in [0.2, 0.25) is 10.0 Å². The molecule has 0 aliphatic rings. The van der Waals surface area contributed by atoms with E-state index >= 15 is 0 Å². The number of aromatic nitrogens is 3. The summed E-state index contributed by atoms with van der Waals surface area (Å²) in [5.41, 5.74) is 5.27. The van der Waals surface area contributed by atoms with Crippen LogP contribution in [0.3, 0.4) is 0 Å². The van der Waals surface area contributed by atoms with Crippen LogP contribution in [-0.4, -0.2) is 32.6 Å². The van der Waals surface area contributed by atoms with Crippen molar-refractivity contribution in [2.24, 2.45) is 0 Å². The van der Waals surface area contributed by atoms with Crippen LogP contribution < -0.4 is 10.9 Å². The molecule has 0 spiro atoms. The number of carbonyl (C=O) groups is 2. The van der Waals surface area contributed by atoms with E-state index in [1.165, 1.54) is 22.6 Å². The molecule has 0 atom stereocenters. The van der Waals surface area contributed by atoms with Gasteiger partial charge in [-0.05, 0) is 36.4 Å². The van der Waals surface area contributed by atoms with Crippen molar-refractivity contribution in [2.75, 3.05) is 5.75 Å². The molecule has 2 aromatic carbocycles. The molecule has 0 unspecified atom stereocenters. The van der Waals surface area contributed by atoms with Crippen LogP contribution in [0.15, 0.2) is 59.6 Å². The van der Waals surface area contributed by atoms with Crippen molar-refractivity contribution in [1.29, 1.82) is 0 Å². The first kappa shape index (κ1) is 19.2. The summed E-state index contributed by atoms with van der Waals surface area (Å²) < 4.78 is 1.38. The monoisotopic (exact) mass is 421 g/mol. The van der Waals surface area contributed by atoms with E-state index in [9.17, 15) is 9.59 Å². The first-order valence-electron chi connectivity index (χ1n) is 7.68. The van der Waals surface area contributed by atoms with Crippen LogP contribution in [-0.2, 0) is 4.79 Å². The second kappa shape index (κ2) is 8.90. The summed E-state index contributed by atoms with van der Waals surface area (Å²) >= 11 is 13.2. The van der Waals surface area contributed by atoms with E-state index in [4.69, 9.17) is 23.2 Å². The fourth-order valence-electron chi connectivity index (χ4n) is 2.03. The van der Waals surface area contributed by atoms with Crippen LogP contribution in [0.25, 0.3) is 5.69 Å². The molecule has 0 bridgehead atoms. The lowest BCUT2D eigenvalue weighted by Gasteiger charge is -2.06. The van der Waals surface area contributed by atoms with Gasteiger partial charge in [0.15, 0.2) is 5.69 Å². The maximum Gasteiger partial charge on any atom is 0.291 e. The zero-order valence-electron chi connectivity index (χ0n) is 13.7. The Balaban J connectivity index is 1.51. The van der Waals surface area contributed by atoms with Crippen LogP contribution in [0.4, 0.5) is 0 Å². The maximum atomic E-state index is 12.1. The Hall–Kier alpha value is -2.55. The highest BCUT2D eigenvalue weighted by Crippen LogP contribution is 2.20. The molecule has 0 fully saturated rings. The van der Waals surface area contributed by atoms with Crippen molar-refractivity contribution in [3.63, 3.8) is 0 Å². The molecule has 2 amide bonds. The topological polar surface area (TPSA) is 88.9 Å². The number of para-hydroxylation sites is 1. The van der Waals surface area contributed by atoms with Gasteiger partial charge < -0.3 is 0 Å². The minimum Gasteiger partial charge on any atom is -0.272 e. The summed E-state index contributed by atoms with van der Waals surface area (Å²) in [5.74, 6) is -0.811. The number of halogens is 2. The molecule has 1 heterocycles. The number of nitrogens with zero attached hydrogens (tertiary/aromatic N) is 3. The van der Waals surface area contributed by atoms with Gasteiger partial charge in [-0.2, -0.15) is 0 Å². The van der Waals surface area contributed by atoms with Crippen molar-refractivity contribution in [3.8, 4) is 5.69 Å². The van der Waals surface area contributed by atoms with Gasteiger partial charge >= 0.3 is 0 Å². The number of rotatable bonds is 5. The van der Waals surface area contributed by atoms with Gasteiger partial charge in [-0.25, -0.2) is 4.68 Å². The Morgan fingerprint density at radius 2 is 1.78 bits per heavy atom. The summed E-state index contributed by atoms with van der Waals surface area (Å²) in [6.07, 6.45) is 1.42. The largest absolute Gasteiger partial charge is 0.291 e. The fourth-order valence-corrected chi connectivity index (χ4v) is 3.08. The highest BCUT2D eigenvalue weighted by atomic mass is 35.5. The quantitative estimate of drug-likeness (QED) is 0.487. The Bertz CT molecular complexity index is 962. The fraction of sp³-hybridized carbons (Fsp3) is 0.0588. The van der Waals surface area contributed by atoms with Gasteiger partial charge in [-0.3, -0.25) is 20.4 Å². The van der Waals surface area contributed by atoms with Crippen molar-refractivity contribution < 1.29 is 9.59 Å². The van der Waals surface area contributed by atoms with Gasteiger partial charge in [0.25, 0.3) is 5.91 Å². The summed E-state index contributed by atoms with van der Waals surface area (Å²) in [6.45, 7) is 0. The summed E-state index contributed by atoms with van der Waals surface area (Å²) in [4.78, 5) is 24.8. The van der Waals surface area contributed by atoms with Gasteiger partial charge in [0, 0.05) is 9.92 Å². The molecule has 1 aromatic heterocycles. The first-order valence-corrected chi connectivity index (χ1v) is 9.42. The van der Waals surface area contributed by atoms with Gasteiger partial charge in [0.2, 0.25) is 5.91 Å². The average Bonchev–Trinajstić information content (AvgIpc) is 3.16. The minimum atomic E-state index is -0.585. The van der Waals surface area contributed by atoms with E-state index < -0.39 is 5.91 Å². The van der Waals surface area contributed by atoms with Gasteiger partial charge in [0.1, 0.15) is 0 Å². The number of benzene rings is 2. The lowest BCUT2D eigenvalue weighted by Crippen LogP contribution is -2.42. The minimum absolute atomic E-state index is 0.0422. The lowest BCUT2D eigenvalue weighted by molar-refractivity contribution is -0.119. The molecule has 0 aliphatic heterocycles. The highest BCUT2D eigenvalue weighted by Gasteiger charge is 2.13. The predicted molar refractivity (Wildman–Crippen MR) is 104 cm³/mol. The van der Waals surface area contributed by atoms with Crippen LogP contribution in [0, 0.1) is 0 Å². The molecule has 0 saturated heterocycles. The van der Waals surface area contributed by atoms with Crippen molar-refractivity contribution >= 4 is 46.8 Å². The number of amides is 2. The smallest absolute Gasteiger partial charge is 0.272 e. The number of nitrogens with one attached hydrogen (secondary N) is 2. The highest BCUT2D eigenvalue weighted by molar-refractivity contribution is 8.00. The third-order valence-electron chi connectivity index (χ3n) is 3.32. The number of hydrogen-bond acceptors (Lipinski definition) is 5. The molecule has 138 valence electrons. The molecule has 2 N–H and O–H groups in total. The number of hydrazine groups is 1. The maximum absolute atomic E-state index is 12.1. The van der Waals surface area contributed by atoms with E-state index in [0.29, 0.717) is 15.7 Å². The third kappa shape index (κ3) is 5.22. The molecule has 10 heteroatoms. The molecule has 3 aromatic rings. The van der Waals surface area contributed by atoms with Crippen molar-refractivity contribution in [2.45, 2.75) is 4.90 Å². The van der Waals surface area contributed by atoms with E-state index in [0.717, 1.165) is 4.90 Å². The molecule has 0 aliphatic carbocycles. The molecule has 27 heavy (non-hydrogen) atoms. The Labute approximate surface area is 169 Å². The van der Waals surface area contributed by atoms with Crippen molar-refractivity contribution in [1.82, 2.24) is 25.8 Å². The zero-order valence-corrected chi connectivity index (χ0v) is 16.1. The van der Waals surface area contributed by atoms with Crippen LogP contribution in [0.1, 0.15) is 10.5 Å². The average molecular weight is 422 g/mol. The van der Waals surface area contributed by atoms with E-state index in [-0.39, 0.29) is 17.4 Å². The molecule has 0 radical (unpaired) electrons. The van der Waals surface area contributed by atoms with E-state index in [1.54, 1.807) is 36.4 Å². The first-order chi connectivity index (χ1) is 13.0. The molecule has 3 rings (SSSR count). The van der Waals surface area contributed by atoms with Crippen LogP contribution in [0.5, 0.6) is 0 Å². The van der Waals surface area contributed by atoms with E-state index in [2.05, 4.69) is 21.2 Å². The second-order valence-electron chi connectivity index (χ2n) is 5.24. The van der Waals surface area contributed by atoms with Crippen LogP contribution >= 0.6 is 35.0 Å². The molecular weight excluding hydrogens is 409 g/mol. The molecular formula is C17H13Cl2N5O2S. The molecule has 0 saturated carbocycles. The second-order valence-corrected chi connectivity index (χ2v) is 7.14. The summed E-state index contributed by atoms with van der Waals surface area (Å²) in [7, 11) is 0. The standard InChI is InChI=1S/C17H13Cl2N5O2S/c18-11-5-7-12(8-6-11)27-10-16(25)21-22-17(26)14-9-24(23-20-14)15-4-2-1-3-13(15)19/h1-9H,10H2,(H,21,25)(H,22,26). The number of carbonyl (C=O) groups excluding carboxylic acids is 2. The Morgan fingerprint density at radius 1 is 1.04 bits per heavy atom. The SMILES string of the molecule is O=C(CSc1ccc(Cl)cc1)NNC(=O)c1cn(-c2ccccc2Cl)nn1. The summed E-state index contributed by atoms with van der Waals surface area (Å²) in [5, 5.41) is 8.76. The van der Waals surface area contributed by atoms with Gasteiger partial charge in [0.05, 0.1) is 22.7 Å². The number of thioether (sulfide) groups is 1. The zero-order chi connectivity index (χ0) is 19.2. The lowest BCUT2D eigenvalue weighted by atomic mass is 10.3. The predicted octanol–water partition coefficient (Wildman–Crippen LogP) is 3.13. The van der Waals surface area contributed by atoms with E-state index in [1.807, 2.05) is 12.1 Å². The third-order valence-corrected chi connectivity index (χ3v) is 4.91. The number of hydrogen-bond donors (Lipinski definition) is 2. The summed E-state index contributed by atoms with van der Waals surface area (Å²) in [6, 6.07) is 14.1. The Kier molecular flexibility index (Phi) is 6.33.